The van der Waals surface area contributed by atoms with Crippen LogP contribution >= 0.6 is 11.6 Å². The molecule has 0 radical (unpaired) electrons. The highest BCUT2D eigenvalue weighted by Crippen LogP contribution is 2.37. The molecule has 1 amide bonds. The molecule has 0 saturated carbocycles. The first-order valence-electron chi connectivity index (χ1n) is 11.0. The Balaban J connectivity index is 1.47. The summed E-state index contributed by atoms with van der Waals surface area (Å²) >= 11 is 6.22. The molecule has 1 aromatic heterocycles. The number of ether oxygens (including phenoxy) is 2. The highest BCUT2D eigenvalue weighted by Gasteiger charge is 2.40. The maximum absolute atomic E-state index is 13.1. The Bertz CT molecular complexity index is 1090. The summed E-state index contributed by atoms with van der Waals surface area (Å²) in [5, 5.41) is 9.03. The first kappa shape index (κ1) is 24.3. The smallest absolute Gasteiger partial charge is 0.425 e. The first-order chi connectivity index (χ1) is 16.2. The van der Waals surface area contributed by atoms with Gasteiger partial charge in [-0.25, -0.2) is 0 Å². The molecule has 2 aliphatic rings. The van der Waals surface area contributed by atoms with E-state index in [4.69, 9.17) is 21.1 Å². The average Bonchev–Trinajstić information content (AvgIpc) is 2.78. The maximum Gasteiger partial charge on any atom is 0.425 e. The molecule has 2 aliphatic heterocycles. The molecule has 0 bridgehead atoms. The molecule has 3 heterocycles. The monoisotopic (exact) mass is 493 g/mol. The van der Waals surface area contributed by atoms with Crippen molar-refractivity contribution in [1.82, 2.24) is 9.88 Å². The van der Waals surface area contributed by atoms with Crippen molar-refractivity contribution < 1.29 is 27.4 Å². The predicted octanol–water partition coefficient (Wildman–Crippen LogP) is 5.07. The summed E-state index contributed by atoms with van der Waals surface area (Å²) in [7, 11) is 0. The molecule has 10 heteroatoms. The molecule has 1 atom stereocenters. The van der Waals surface area contributed by atoms with E-state index in [9.17, 15) is 23.2 Å². The van der Waals surface area contributed by atoms with Crippen molar-refractivity contribution in [3.05, 3.63) is 57.9 Å². The van der Waals surface area contributed by atoms with Gasteiger partial charge in [-0.05, 0) is 49.4 Å². The predicted molar refractivity (Wildman–Crippen MR) is 118 cm³/mol. The van der Waals surface area contributed by atoms with E-state index in [1.165, 1.54) is 22.6 Å². The summed E-state index contributed by atoms with van der Waals surface area (Å²) < 4.78 is 49.5. The number of rotatable bonds is 5. The quantitative estimate of drug-likeness (QED) is 0.581. The molecule has 34 heavy (non-hydrogen) atoms. The number of hydrogen-bond donors (Lipinski definition) is 0. The summed E-state index contributed by atoms with van der Waals surface area (Å²) in [5.41, 5.74) is 1.76. The van der Waals surface area contributed by atoms with Crippen molar-refractivity contribution in [2.45, 2.75) is 43.9 Å². The van der Waals surface area contributed by atoms with Gasteiger partial charge in [0.15, 0.2) is 6.10 Å². The number of carbonyl (C=O) groups is 1. The van der Waals surface area contributed by atoms with Crippen molar-refractivity contribution in [3.8, 4) is 11.8 Å². The second kappa shape index (κ2) is 9.80. The Kier molecular flexibility index (Phi) is 7.01. The molecule has 4 rings (SSSR count). The Morgan fingerprint density at radius 2 is 1.94 bits per heavy atom. The lowest BCUT2D eigenvalue weighted by Gasteiger charge is -2.39. The average molecular weight is 494 g/mol. The lowest BCUT2D eigenvalue weighted by atomic mass is 9.90. The van der Waals surface area contributed by atoms with Gasteiger partial charge in [-0.3, -0.25) is 9.78 Å². The number of alkyl halides is 3. The van der Waals surface area contributed by atoms with Crippen LogP contribution in [0.5, 0.6) is 5.75 Å². The van der Waals surface area contributed by atoms with Gasteiger partial charge < -0.3 is 14.4 Å². The second-order valence-electron chi connectivity index (χ2n) is 8.52. The van der Waals surface area contributed by atoms with Gasteiger partial charge in [0, 0.05) is 44.1 Å². The van der Waals surface area contributed by atoms with Crippen LogP contribution in [0.3, 0.4) is 0 Å². The number of benzene rings is 1. The normalized spacial score (nSPS) is 18.2. The Morgan fingerprint density at radius 1 is 1.24 bits per heavy atom. The van der Waals surface area contributed by atoms with E-state index in [1.54, 1.807) is 0 Å². The SMILES string of the molecule is C[C@@H](Oc1ccc(C#N)c(Cl)c1C(=O)N1CC(c2ccc(C3CCOCC3)cn2)C1)C(F)(F)F. The van der Waals surface area contributed by atoms with Crippen molar-refractivity contribution in [3.63, 3.8) is 0 Å². The van der Waals surface area contributed by atoms with Gasteiger partial charge in [-0.1, -0.05) is 17.7 Å². The van der Waals surface area contributed by atoms with Gasteiger partial charge >= 0.3 is 6.18 Å². The van der Waals surface area contributed by atoms with E-state index in [0.717, 1.165) is 38.7 Å². The number of amides is 1. The van der Waals surface area contributed by atoms with E-state index >= 15 is 0 Å². The Hall–Kier alpha value is -2.83. The molecule has 2 fully saturated rings. The van der Waals surface area contributed by atoms with Crippen LogP contribution in [-0.4, -0.2) is 54.4 Å². The molecule has 1 aromatic carbocycles. The van der Waals surface area contributed by atoms with E-state index in [1.807, 2.05) is 18.3 Å². The van der Waals surface area contributed by atoms with Crippen LogP contribution in [0.1, 0.15) is 58.8 Å². The van der Waals surface area contributed by atoms with Crippen molar-refractivity contribution in [2.75, 3.05) is 26.3 Å². The van der Waals surface area contributed by atoms with Crippen LogP contribution in [0.4, 0.5) is 13.2 Å². The van der Waals surface area contributed by atoms with Gasteiger partial charge in [-0.15, -0.1) is 0 Å². The van der Waals surface area contributed by atoms with Crippen LogP contribution in [0.15, 0.2) is 30.5 Å². The standard InChI is InChI=1S/C24H23ClF3N3O3/c1-14(24(26,27)28)34-20-5-3-16(10-29)22(25)21(20)23(32)31-12-18(13-31)19-4-2-17(11-30-19)15-6-8-33-9-7-15/h2-5,11,14-15,18H,6-9,12-13H2,1H3/t14-/m1/s1. The molecule has 0 unspecified atom stereocenters. The Morgan fingerprint density at radius 3 is 2.53 bits per heavy atom. The minimum absolute atomic E-state index is 0.00378. The number of pyridine rings is 1. The second-order valence-corrected chi connectivity index (χ2v) is 8.90. The minimum atomic E-state index is -4.62. The zero-order valence-corrected chi connectivity index (χ0v) is 19.2. The van der Waals surface area contributed by atoms with Crippen molar-refractivity contribution in [2.24, 2.45) is 0 Å². The van der Waals surface area contributed by atoms with Gasteiger partial charge in [0.2, 0.25) is 0 Å². The molecule has 0 aliphatic carbocycles. The fourth-order valence-electron chi connectivity index (χ4n) is 4.12. The molecular formula is C24H23ClF3N3O3. The zero-order valence-electron chi connectivity index (χ0n) is 18.4. The molecule has 2 aromatic rings. The number of hydrogen-bond acceptors (Lipinski definition) is 5. The van der Waals surface area contributed by atoms with E-state index in [0.29, 0.717) is 19.0 Å². The van der Waals surface area contributed by atoms with Gasteiger partial charge in [0.1, 0.15) is 17.4 Å². The number of aromatic nitrogens is 1. The summed E-state index contributed by atoms with van der Waals surface area (Å²) in [6, 6.07) is 8.27. The fraction of sp³-hybridized carbons (Fsp3) is 0.458. The van der Waals surface area contributed by atoms with Gasteiger partial charge in [0.05, 0.1) is 10.6 Å². The number of halogens is 4. The molecule has 0 N–H and O–H groups in total. The van der Waals surface area contributed by atoms with Crippen LogP contribution < -0.4 is 4.74 Å². The number of likely N-dealkylation sites (tertiary alicyclic amines) is 1. The summed E-state index contributed by atoms with van der Waals surface area (Å²) in [6.07, 6.45) is -2.97. The molecular weight excluding hydrogens is 471 g/mol. The summed E-state index contributed by atoms with van der Waals surface area (Å²) in [6.45, 7) is 3.01. The lowest BCUT2D eigenvalue weighted by Crippen LogP contribution is -2.49. The highest BCUT2D eigenvalue weighted by atomic mass is 35.5. The summed E-state index contributed by atoms with van der Waals surface area (Å²) in [4.78, 5) is 19.2. The van der Waals surface area contributed by atoms with Crippen molar-refractivity contribution >= 4 is 17.5 Å². The van der Waals surface area contributed by atoms with E-state index in [2.05, 4.69) is 11.1 Å². The maximum atomic E-state index is 13.1. The van der Waals surface area contributed by atoms with E-state index < -0.39 is 18.2 Å². The first-order valence-corrected chi connectivity index (χ1v) is 11.4. The van der Waals surface area contributed by atoms with Crippen LogP contribution in [0.25, 0.3) is 0 Å². The number of carbonyl (C=O) groups excluding carboxylic acids is 1. The Labute approximate surface area is 200 Å². The number of nitriles is 1. The van der Waals surface area contributed by atoms with Gasteiger partial charge in [0.25, 0.3) is 5.91 Å². The highest BCUT2D eigenvalue weighted by molar-refractivity contribution is 6.35. The molecule has 0 spiro atoms. The molecule has 2 saturated heterocycles. The van der Waals surface area contributed by atoms with E-state index in [-0.39, 0.29) is 27.8 Å². The van der Waals surface area contributed by atoms with Crippen LogP contribution in [0, 0.1) is 11.3 Å². The fourth-order valence-corrected chi connectivity index (χ4v) is 4.40. The third kappa shape index (κ3) is 4.98. The van der Waals surface area contributed by atoms with Crippen LogP contribution in [-0.2, 0) is 4.74 Å². The topological polar surface area (TPSA) is 75.5 Å². The molecule has 6 nitrogen and oxygen atoms in total. The minimum Gasteiger partial charge on any atom is -0.480 e. The lowest BCUT2D eigenvalue weighted by molar-refractivity contribution is -0.189. The number of nitrogens with zero attached hydrogens (tertiary/aromatic N) is 3. The summed E-state index contributed by atoms with van der Waals surface area (Å²) in [5.74, 6) is -0.450. The zero-order chi connectivity index (χ0) is 24.5. The third-order valence-electron chi connectivity index (χ3n) is 6.29. The van der Waals surface area contributed by atoms with Crippen molar-refractivity contribution in [1.29, 1.82) is 5.26 Å². The largest absolute Gasteiger partial charge is 0.480 e. The van der Waals surface area contributed by atoms with Gasteiger partial charge in [-0.2, -0.15) is 18.4 Å². The van der Waals surface area contributed by atoms with Crippen LogP contribution in [0.2, 0.25) is 5.02 Å². The molecule has 180 valence electrons. The third-order valence-corrected chi connectivity index (χ3v) is 6.68.